The molecule has 2 heterocycles. The first-order valence-electron chi connectivity index (χ1n) is 11.1. The normalized spacial score (nSPS) is 11.7. The van der Waals surface area contributed by atoms with Crippen LogP contribution in [0, 0.1) is 0 Å². The molecule has 12 heteroatoms. The highest BCUT2D eigenvalue weighted by Gasteiger charge is 2.31. The Bertz CT molecular complexity index is 1730. The monoisotopic (exact) mass is 558 g/mol. The van der Waals surface area contributed by atoms with Gasteiger partial charge < -0.3 is 15.0 Å². The van der Waals surface area contributed by atoms with Gasteiger partial charge in [0.1, 0.15) is 16.8 Å². The third-order valence-corrected chi connectivity index (χ3v) is 6.99. The van der Waals surface area contributed by atoms with Crippen LogP contribution in [0.15, 0.2) is 76.7 Å². The summed E-state index contributed by atoms with van der Waals surface area (Å²) in [5.41, 5.74) is 0.482. The third-order valence-electron chi connectivity index (χ3n) is 5.73. The number of H-pyrrole nitrogens is 1. The Labute approximate surface area is 222 Å². The summed E-state index contributed by atoms with van der Waals surface area (Å²) in [6.07, 6.45) is -4.59. The van der Waals surface area contributed by atoms with Gasteiger partial charge in [0.05, 0.1) is 34.8 Å². The van der Waals surface area contributed by atoms with Crippen molar-refractivity contribution in [1.29, 1.82) is 0 Å². The number of anilines is 1. The summed E-state index contributed by atoms with van der Waals surface area (Å²) >= 11 is 6.97. The highest BCUT2D eigenvalue weighted by Crippen LogP contribution is 2.34. The van der Waals surface area contributed by atoms with E-state index < -0.39 is 17.6 Å². The fourth-order valence-electron chi connectivity index (χ4n) is 3.91. The second-order valence-electron chi connectivity index (χ2n) is 8.16. The van der Waals surface area contributed by atoms with Crippen molar-refractivity contribution < 1.29 is 22.7 Å². The molecule has 0 atom stereocenters. The number of benzene rings is 3. The summed E-state index contributed by atoms with van der Waals surface area (Å²) in [7, 11) is 1.52. The number of rotatable bonds is 6. The number of hydrogen-bond acceptors (Lipinski definition) is 5. The number of para-hydroxylation sites is 1. The van der Waals surface area contributed by atoms with E-state index in [0.717, 1.165) is 40.9 Å². The number of aromatic amines is 1. The number of carbonyl (C=O) groups excluding carboxylic acids is 1. The standard InChI is InChI=1S/C26H18ClF3N4O3S/c1-37-16-9-7-15(8-10-16)34-24(36)23-22(17-4-2-3-5-19(17)32-23)33-25(34)38-13-21(35)31-20-12-14(26(28,29)30)6-11-18(20)27/h2-12,32H,13H2,1H3,(H,31,35). The fourth-order valence-corrected chi connectivity index (χ4v) is 4.88. The van der Waals surface area contributed by atoms with Crippen LogP contribution in [0.4, 0.5) is 18.9 Å². The van der Waals surface area contributed by atoms with E-state index >= 15 is 0 Å². The molecule has 0 fully saturated rings. The van der Waals surface area contributed by atoms with E-state index in [9.17, 15) is 22.8 Å². The van der Waals surface area contributed by atoms with Crippen molar-refractivity contribution in [3.05, 3.63) is 87.7 Å². The first-order chi connectivity index (χ1) is 18.2. The van der Waals surface area contributed by atoms with Crippen molar-refractivity contribution in [3.8, 4) is 11.4 Å². The van der Waals surface area contributed by atoms with E-state index in [4.69, 9.17) is 21.3 Å². The average molecular weight is 559 g/mol. The van der Waals surface area contributed by atoms with E-state index in [1.807, 2.05) is 24.3 Å². The highest BCUT2D eigenvalue weighted by molar-refractivity contribution is 7.99. The molecule has 0 aliphatic rings. The number of halogens is 4. The van der Waals surface area contributed by atoms with Crippen molar-refractivity contribution in [2.45, 2.75) is 11.3 Å². The second-order valence-corrected chi connectivity index (χ2v) is 9.51. The molecule has 0 aliphatic heterocycles. The molecule has 0 radical (unpaired) electrons. The molecule has 2 N–H and O–H groups in total. The van der Waals surface area contributed by atoms with Gasteiger partial charge in [-0.1, -0.05) is 41.6 Å². The van der Waals surface area contributed by atoms with Crippen LogP contribution in [0.2, 0.25) is 5.02 Å². The number of nitrogens with one attached hydrogen (secondary N) is 2. The van der Waals surface area contributed by atoms with Crippen LogP contribution in [0.25, 0.3) is 27.6 Å². The summed E-state index contributed by atoms with van der Waals surface area (Å²) in [6, 6.07) is 16.7. The van der Waals surface area contributed by atoms with E-state index in [1.54, 1.807) is 24.3 Å². The van der Waals surface area contributed by atoms with Crippen LogP contribution in [-0.2, 0) is 11.0 Å². The summed E-state index contributed by atoms with van der Waals surface area (Å²) in [4.78, 5) is 34.1. The van der Waals surface area contributed by atoms with Gasteiger partial charge in [-0.3, -0.25) is 14.2 Å². The van der Waals surface area contributed by atoms with Crippen molar-refractivity contribution in [2.24, 2.45) is 0 Å². The number of nitrogens with zero attached hydrogens (tertiary/aromatic N) is 2. The topological polar surface area (TPSA) is 89.0 Å². The molecule has 7 nitrogen and oxygen atoms in total. The Hall–Kier alpha value is -3.96. The van der Waals surface area contributed by atoms with Crippen LogP contribution < -0.4 is 15.6 Å². The number of thioether (sulfide) groups is 1. The lowest BCUT2D eigenvalue weighted by atomic mass is 10.2. The van der Waals surface area contributed by atoms with Gasteiger partial charge in [0.2, 0.25) is 5.91 Å². The number of aromatic nitrogens is 3. The zero-order chi connectivity index (χ0) is 27.0. The molecular formula is C26H18ClF3N4O3S. The van der Waals surface area contributed by atoms with Gasteiger partial charge >= 0.3 is 6.18 Å². The Morgan fingerprint density at radius 3 is 2.58 bits per heavy atom. The zero-order valence-corrected chi connectivity index (χ0v) is 21.2. The van der Waals surface area contributed by atoms with Gasteiger partial charge in [0.15, 0.2) is 5.16 Å². The number of fused-ring (bicyclic) bond motifs is 3. The summed E-state index contributed by atoms with van der Waals surface area (Å²) < 4.78 is 45.9. The summed E-state index contributed by atoms with van der Waals surface area (Å²) in [5, 5.41) is 3.34. The Balaban J connectivity index is 1.51. The quantitative estimate of drug-likeness (QED) is 0.189. The van der Waals surface area contributed by atoms with Crippen LogP contribution in [0.1, 0.15) is 5.56 Å². The molecule has 0 saturated heterocycles. The number of carbonyl (C=O) groups is 1. The molecule has 0 bridgehead atoms. The fraction of sp³-hybridized carbons (Fsp3) is 0.115. The lowest BCUT2D eigenvalue weighted by Crippen LogP contribution is -2.23. The van der Waals surface area contributed by atoms with Crippen molar-refractivity contribution >= 4 is 56.9 Å². The van der Waals surface area contributed by atoms with Gasteiger partial charge in [0, 0.05) is 10.9 Å². The number of methoxy groups -OCH3 is 1. The Morgan fingerprint density at radius 2 is 1.87 bits per heavy atom. The Kier molecular flexibility index (Phi) is 6.80. The molecule has 38 heavy (non-hydrogen) atoms. The molecule has 2 aromatic heterocycles. The van der Waals surface area contributed by atoms with Crippen LogP contribution >= 0.6 is 23.4 Å². The van der Waals surface area contributed by atoms with Crippen LogP contribution in [-0.4, -0.2) is 33.3 Å². The molecule has 0 aliphatic carbocycles. The second kappa shape index (κ2) is 10.1. The van der Waals surface area contributed by atoms with Crippen LogP contribution in [0.5, 0.6) is 5.75 Å². The molecule has 194 valence electrons. The van der Waals surface area contributed by atoms with Gasteiger partial charge in [-0.25, -0.2) is 4.98 Å². The molecule has 0 saturated carbocycles. The predicted octanol–water partition coefficient (Wildman–Crippen LogP) is 6.28. The molecule has 0 spiro atoms. The largest absolute Gasteiger partial charge is 0.497 e. The van der Waals surface area contributed by atoms with Gasteiger partial charge in [-0.05, 0) is 48.5 Å². The lowest BCUT2D eigenvalue weighted by molar-refractivity contribution is -0.137. The maximum Gasteiger partial charge on any atom is 0.416 e. The molecule has 3 aromatic carbocycles. The smallest absolute Gasteiger partial charge is 0.416 e. The van der Waals surface area contributed by atoms with Crippen molar-refractivity contribution in [2.75, 3.05) is 18.2 Å². The molecule has 0 unspecified atom stereocenters. The molecule has 5 rings (SSSR count). The SMILES string of the molecule is COc1ccc(-n2c(SCC(=O)Nc3cc(C(F)(F)F)ccc3Cl)nc3c([nH]c4ccccc43)c2=O)cc1. The van der Waals surface area contributed by atoms with Crippen LogP contribution in [0.3, 0.4) is 0 Å². The van der Waals surface area contributed by atoms with Crippen molar-refractivity contribution in [3.63, 3.8) is 0 Å². The minimum atomic E-state index is -4.59. The number of amides is 1. The summed E-state index contributed by atoms with van der Waals surface area (Å²) in [6.45, 7) is 0. The number of ether oxygens (including phenoxy) is 1. The van der Waals surface area contributed by atoms with Crippen molar-refractivity contribution in [1.82, 2.24) is 14.5 Å². The highest BCUT2D eigenvalue weighted by atomic mass is 35.5. The van der Waals surface area contributed by atoms with Gasteiger partial charge in [0.25, 0.3) is 5.56 Å². The van der Waals surface area contributed by atoms with E-state index in [-0.39, 0.29) is 27.2 Å². The first kappa shape index (κ1) is 25.7. The summed E-state index contributed by atoms with van der Waals surface area (Å²) in [5.74, 6) is -0.276. The van der Waals surface area contributed by atoms with E-state index in [0.29, 0.717) is 22.5 Å². The predicted molar refractivity (Wildman–Crippen MR) is 142 cm³/mol. The minimum Gasteiger partial charge on any atom is -0.497 e. The number of alkyl halides is 3. The zero-order valence-electron chi connectivity index (χ0n) is 19.6. The molecule has 1 amide bonds. The van der Waals surface area contributed by atoms with E-state index in [2.05, 4.69) is 10.3 Å². The van der Waals surface area contributed by atoms with Gasteiger partial charge in [-0.15, -0.1) is 0 Å². The van der Waals surface area contributed by atoms with Gasteiger partial charge in [-0.2, -0.15) is 13.2 Å². The molecular weight excluding hydrogens is 541 g/mol. The maximum atomic E-state index is 13.6. The Morgan fingerprint density at radius 1 is 1.13 bits per heavy atom. The average Bonchev–Trinajstić information content (AvgIpc) is 3.27. The lowest BCUT2D eigenvalue weighted by Gasteiger charge is -2.14. The third kappa shape index (κ3) is 4.94. The number of hydrogen-bond donors (Lipinski definition) is 2. The van der Waals surface area contributed by atoms with E-state index in [1.165, 1.54) is 11.7 Å². The minimum absolute atomic E-state index is 0.0372. The molecule has 5 aromatic rings. The first-order valence-corrected chi connectivity index (χ1v) is 12.5. The maximum absolute atomic E-state index is 13.6.